The lowest BCUT2D eigenvalue weighted by Crippen LogP contribution is -2.26. The predicted molar refractivity (Wildman–Crippen MR) is 113 cm³/mol. The second-order valence-electron chi connectivity index (χ2n) is 7.95. The summed E-state index contributed by atoms with van der Waals surface area (Å²) >= 11 is 0. The van der Waals surface area contributed by atoms with E-state index in [1.54, 1.807) is 18.0 Å². The molecule has 0 saturated carbocycles. The third-order valence-electron chi connectivity index (χ3n) is 4.54. The van der Waals surface area contributed by atoms with Crippen LogP contribution in [-0.4, -0.2) is 25.3 Å². The molecule has 0 spiro atoms. The highest BCUT2D eigenvalue weighted by molar-refractivity contribution is 7.89. The van der Waals surface area contributed by atoms with Gasteiger partial charge in [-0.05, 0) is 23.3 Å². The number of rotatable bonds is 7. The number of benzene rings is 2. The molecule has 0 aliphatic heterocycles. The third kappa shape index (κ3) is 5.25. The summed E-state index contributed by atoms with van der Waals surface area (Å²) in [6.07, 6.45) is 1.62. The van der Waals surface area contributed by atoms with E-state index < -0.39 is 15.4 Å². The minimum Gasteiger partial charge on any atom is -0.497 e. The monoisotopic (exact) mass is 413 g/mol. The molecule has 0 atom stereocenters. The molecule has 1 heterocycles. The number of aromatic nitrogens is 2. The molecule has 3 aromatic rings. The lowest BCUT2D eigenvalue weighted by atomic mass is 9.92. The van der Waals surface area contributed by atoms with Gasteiger partial charge in [0.25, 0.3) is 0 Å². The molecule has 0 unspecified atom stereocenters. The zero-order valence-electron chi connectivity index (χ0n) is 17.2. The van der Waals surface area contributed by atoms with E-state index in [0.717, 1.165) is 16.9 Å². The molecule has 3 rings (SSSR count). The van der Waals surface area contributed by atoms with Gasteiger partial charge in [0.15, 0.2) is 0 Å². The quantitative estimate of drug-likeness (QED) is 0.641. The van der Waals surface area contributed by atoms with Gasteiger partial charge in [-0.15, -0.1) is 0 Å². The number of hydrogen-bond donors (Lipinski definition) is 1. The van der Waals surface area contributed by atoms with Gasteiger partial charge >= 0.3 is 0 Å². The Kier molecular flexibility index (Phi) is 6.10. The lowest BCUT2D eigenvalue weighted by molar-refractivity contribution is 0.414. The predicted octanol–water partition coefficient (Wildman–Crippen LogP) is 3.72. The van der Waals surface area contributed by atoms with Gasteiger partial charge in [-0.2, -0.15) is 5.10 Å². The fraction of sp³-hybridized carbons (Fsp3) is 0.318. The topological polar surface area (TPSA) is 73.2 Å². The van der Waals surface area contributed by atoms with E-state index in [9.17, 15) is 8.42 Å². The maximum Gasteiger partial charge on any atom is 0.244 e. The largest absolute Gasteiger partial charge is 0.497 e. The molecule has 0 aliphatic rings. The second kappa shape index (κ2) is 8.39. The molecule has 154 valence electrons. The third-order valence-corrected chi connectivity index (χ3v) is 5.94. The fourth-order valence-corrected chi connectivity index (χ4v) is 4.34. The van der Waals surface area contributed by atoms with Crippen molar-refractivity contribution in [2.24, 2.45) is 0 Å². The number of nitrogens with one attached hydrogen (secondary N) is 1. The molecule has 0 amide bonds. The highest BCUT2D eigenvalue weighted by atomic mass is 32.2. The molecule has 7 heteroatoms. The molecule has 1 N–H and O–H groups in total. The first-order valence-electron chi connectivity index (χ1n) is 9.43. The van der Waals surface area contributed by atoms with Gasteiger partial charge in [0.2, 0.25) is 10.0 Å². The van der Waals surface area contributed by atoms with Gasteiger partial charge < -0.3 is 4.74 Å². The van der Waals surface area contributed by atoms with Crippen molar-refractivity contribution in [1.82, 2.24) is 14.5 Å². The molecular weight excluding hydrogens is 386 g/mol. The first-order valence-corrected chi connectivity index (χ1v) is 10.9. The van der Waals surface area contributed by atoms with Crippen LogP contribution in [0, 0.1) is 0 Å². The molecule has 29 heavy (non-hydrogen) atoms. The summed E-state index contributed by atoms with van der Waals surface area (Å²) in [5, 5.41) is 4.60. The van der Waals surface area contributed by atoms with Crippen LogP contribution in [0.25, 0.3) is 0 Å². The summed E-state index contributed by atoms with van der Waals surface area (Å²) in [6.45, 7) is 6.59. The SMILES string of the molecule is COc1ccc(CNS(=O)(=O)c2cn(Cc3ccccc3)nc2C(C)(C)C)cc1. The molecule has 0 fully saturated rings. The smallest absolute Gasteiger partial charge is 0.244 e. The standard InChI is InChI=1S/C22H27N3O3S/c1-22(2,3)21-20(16-25(24-21)15-18-8-6-5-7-9-18)29(26,27)23-14-17-10-12-19(28-4)13-11-17/h5-13,16,23H,14-15H2,1-4H3. The fourth-order valence-electron chi connectivity index (χ4n) is 2.97. The Morgan fingerprint density at radius 3 is 2.24 bits per heavy atom. The molecule has 0 aliphatic carbocycles. The molecule has 0 bridgehead atoms. The van der Waals surface area contributed by atoms with Crippen LogP contribution < -0.4 is 9.46 Å². The van der Waals surface area contributed by atoms with Gasteiger partial charge in [0.1, 0.15) is 10.6 Å². The van der Waals surface area contributed by atoms with E-state index in [4.69, 9.17) is 4.74 Å². The number of nitrogens with zero attached hydrogens (tertiary/aromatic N) is 2. The number of ether oxygens (including phenoxy) is 1. The summed E-state index contributed by atoms with van der Waals surface area (Å²) in [4.78, 5) is 0.217. The van der Waals surface area contributed by atoms with Gasteiger partial charge in [0, 0.05) is 18.2 Å². The Labute approximate surface area is 172 Å². The second-order valence-corrected chi connectivity index (χ2v) is 9.68. The van der Waals surface area contributed by atoms with Crippen molar-refractivity contribution in [3.05, 3.63) is 77.6 Å². The van der Waals surface area contributed by atoms with E-state index in [2.05, 4.69) is 9.82 Å². The van der Waals surface area contributed by atoms with Crippen LogP contribution in [0.1, 0.15) is 37.6 Å². The van der Waals surface area contributed by atoms with Crippen molar-refractivity contribution in [3.8, 4) is 5.75 Å². The zero-order chi connectivity index (χ0) is 21.1. The number of sulfonamides is 1. The summed E-state index contributed by atoms with van der Waals surface area (Å²) in [5.74, 6) is 0.730. The Bertz CT molecular complexity index is 1050. The van der Waals surface area contributed by atoms with Gasteiger partial charge in [-0.25, -0.2) is 13.1 Å². The van der Waals surface area contributed by atoms with Crippen LogP contribution in [0.4, 0.5) is 0 Å². The van der Waals surface area contributed by atoms with Crippen molar-refractivity contribution in [2.45, 2.75) is 44.2 Å². The minimum absolute atomic E-state index is 0.194. The minimum atomic E-state index is -3.72. The highest BCUT2D eigenvalue weighted by Gasteiger charge is 2.29. The molecule has 0 saturated heterocycles. The Balaban J connectivity index is 1.85. The zero-order valence-corrected chi connectivity index (χ0v) is 18.0. The van der Waals surface area contributed by atoms with Crippen LogP contribution >= 0.6 is 0 Å². The Hall–Kier alpha value is -2.64. The van der Waals surface area contributed by atoms with E-state index in [1.807, 2.05) is 75.4 Å². The Morgan fingerprint density at radius 1 is 1.00 bits per heavy atom. The Morgan fingerprint density at radius 2 is 1.66 bits per heavy atom. The van der Waals surface area contributed by atoms with Crippen LogP contribution in [0.15, 0.2) is 65.7 Å². The van der Waals surface area contributed by atoms with Crippen molar-refractivity contribution in [1.29, 1.82) is 0 Å². The van der Waals surface area contributed by atoms with Crippen molar-refractivity contribution >= 4 is 10.0 Å². The van der Waals surface area contributed by atoms with Crippen LogP contribution in [0.5, 0.6) is 5.75 Å². The van der Waals surface area contributed by atoms with Crippen molar-refractivity contribution in [2.75, 3.05) is 7.11 Å². The average molecular weight is 414 g/mol. The first kappa shape index (κ1) is 21.1. The lowest BCUT2D eigenvalue weighted by Gasteiger charge is -2.17. The summed E-state index contributed by atoms with van der Waals surface area (Å²) < 4.78 is 35.7. The van der Waals surface area contributed by atoms with Gasteiger partial charge in [0.05, 0.1) is 19.3 Å². The summed E-state index contributed by atoms with van der Waals surface area (Å²) in [6, 6.07) is 17.1. The van der Waals surface area contributed by atoms with Crippen LogP contribution in [0.3, 0.4) is 0 Å². The normalized spacial score (nSPS) is 12.1. The summed E-state index contributed by atoms with van der Waals surface area (Å²) in [7, 11) is -2.13. The van der Waals surface area contributed by atoms with Gasteiger partial charge in [-0.1, -0.05) is 63.2 Å². The molecule has 0 radical (unpaired) electrons. The van der Waals surface area contributed by atoms with E-state index >= 15 is 0 Å². The van der Waals surface area contributed by atoms with Crippen LogP contribution in [0.2, 0.25) is 0 Å². The van der Waals surface area contributed by atoms with Gasteiger partial charge in [-0.3, -0.25) is 4.68 Å². The van der Waals surface area contributed by atoms with Crippen LogP contribution in [-0.2, 0) is 28.5 Å². The highest BCUT2D eigenvalue weighted by Crippen LogP contribution is 2.28. The first-order chi connectivity index (χ1) is 13.7. The maximum absolute atomic E-state index is 13.1. The van der Waals surface area contributed by atoms with Crippen molar-refractivity contribution < 1.29 is 13.2 Å². The summed E-state index contributed by atoms with van der Waals surface area (Å²) in [5.41, 5.74) is 2.05. The van der Waals surface area contributed by atoms with E-state index in [-0.39, 0.29) is 11.4 Å². The number of hydrogen-bond acceptors (Lipinski definition) is 4. The molecule has 1 aromatic heterocycles. The molecule has 2 aromatic carbocycles. The average Bonchev–Trinajstić information content (AvgIpc) is 3.13. The maximum atomic E-state index is 13.1. The molecule has 6 nitrogen and oxygen atoms in total. The molecular formula is C22H27N3O3S. The number of methoxy groups -OCH3 is 1. The van der Waals surface area contributed by atoms with E-state index in [0.29, 0.717) is 12.2 Å². The van der Waals surface area contributed by atoms with Crippen molar-refractivity contribution in [3.63, 3.8) is 0 Å². The van der Waals surface area contributed by atoms with E-state index in [1.165, 1.54) is 0 Å².